The van der Waals surface area contributed by atoms with E-state index in [4.69, 9.17) is 0 Å². The molecule has 1 saturated heterocycles. The molecule has 1 aromatic carbocycles. The Morgan fingerprint density at radius 2 is 1.89 bits per heavy atom. The fraction of sp³-hybridized carbons (Fsp3) is 0.429. The zero-order valence-electron chi connectivity index (χ0n) is 10.6. The molecule has 2 rings (SSSR count). The highest BCUT2D eigenvalue weighted by Gasteiger charge is 2.23. The van der Waals surface area contributed by atoms with Crippen LogP contribution in [-0.2, 0) is 9.59 Å². The predicted octanol–water partition coefficient (Wildman–Crippen LogP) is 1.66. The Bertz CT molecular complexity index is 431. The zero-order valence-corrected chi connectivity index (χ0v) is 10.6. The molecule has 0 aliphatic carbocycles. The molecule has 18 heavy (non-hydrogen) atoms. The number of carbonyl (C=O) groups excluding carboxylic acids is 2. The molecule has 1 aromatic rings. The Labute approximate surface area is 107 Å². The third kappa shape index (κ3) is 2.70. The third-order valence-electron chi connectivity index (χ3n) is 3.21. The van der Waals surface area contributed by atoms with Crippen molar-refractivity contribution in [2.45, 2.75) is 19.8 Å². The average Bonchev–Trinajstić information content (AvgIpc) is 2.61. The normalized spacial score (nSPS) is 16.6. The van der Waals surface area contributed by atoms with Crippen LogP contribution in [0.5, 0.6) is 0 Å². The summed E-state index contributed by atoms with van der Waals surface area (Å²) in [5, 5.41) is 0. The van der Waals surface area contributed by atoms with Crippen LogP contribution in [0.4, 0.5) is 5.69 Å². The number of benzene rings is 1. The first-order valence-corrected chi connectivity index (χ1v) is 6.35. The molecule has 0 unspecified atom stereocenters. The topological polar surface area (TPSA) is 40.6 Å². The SMILES string of the molecule is CCC(=O)N1CCC(=O)N(c2ccccc2)CC1. The summed E-state index contributed by atoms with van der Waals surface area (Å²) >= 11 is 0. The van der Waals surface area contributed by atoms with Gasteiger partial charge in [0, 0.05) is 38.2 Å². The predicted molar refractivity (Wildman–Crippen MR) is 70.3 cm³/mol. The standard InChI is InChI=1S/C14H18N2O2/c1-2-13(17)15-9-8-14(18)16(11-10-15)12-6-4-3-5-7-12/h3-7H,2,8-11H2,1H3. The molecule has 0 N–H and O–H groups in total. The lowest BCUT2D eigenvalue weighted by Gasteiger charge is -2.22. The van der Waals surface area contributed by atoms with Gasteiger partial charge in [-0.15, -0.1) is 0 Å². The van der Waals surface area contributed by atoms with E-state index in [-0.39, 0.29) is 11.8 Å². The molecule has 0 atom stereocenters. The molecule has 96 valence electrons. The van der Waals surface area contributed by atoms with Gasteiger partial charge in [-0.05, 0) is 12.1 Å². The van der Waals surface area contributed by atoms with Crippen LogP contribution in [-0.4, -0.2) is 36.3 Å². The van der Waals surface area contributed by atoms with Crippen LogP contribution >= 0.6 is 0 Å². The lowest BCUT2D eigenvalue weighted by molar-refractivity contribution is -0.130. The van der Waals surface area contributed by atoms with Crippen molar-refractivity contribution in [2.24, 2.45) is 0 Å². The van der Waals surface area contributed by atoms with Gasteiger partial charge in [0.25, 0.3) is 0 Å². The van der Waals surface area contributed by atoms with Gasteiger partial charge >= 0.3 is 0 Å². The molecular formula is C14H18N2O2. The maximum absolute atomic E-state index is 12.1. The van der Waals surface area contributed by atoms with E-state index in [1.807, 2.05) is 37.3 Å². The third-order valence-corrected chi connectivity index (χ3v) is 3.21. The lowest BCUT2D eigenvalue weighted by Crippen LogP contribution is -2.35. The Morgan fingerprint density at radius 3 is 2.56 bits per heavy atom. The Morgan fingerprint density at radius 1 is 1.17 bits per heavy atom. The van der Waals surface area contributed by atoms with Crippen LogP contribution in [0.1, 0.15) is 19.8 Å². The van der Waals surface area contributed by atoms with E-state index in [1.54, 1.807) is 9.80 Å². The quantitative estimate of drug-likeness (QED) is 0.796. The van der Waals surface area contributed by atoms with Crippen LogP contribution in [0.15, 0.2) is 30.3 Å². The molecule has 0 aromatic heterocycles. The summed E-state index contributed by atoms with van der Waals surface area (Å²) in [6, 6.07) is 9.62. The van der Waals surface area contributed by atoms with Gasteiger partial charge in [-0.3, -0.25) is 9.59 Å². The van der Waals surface area contributed by atoms with Crippen molar-refractivity contribution in [3.63, 3.8) is 0 Å². The van der Waals surface area contributed by atoms with Crippen molar-refractivity contribution in [1.29, 1.82) is 0 Å². The number of rotatable bonds is 2. The minimum Gasteiger partial charge on any atom is -0.340 e. The fourth-order valence-corrected chi connectivity index (χ4v) is 2.18. The van der Waals surface area contributed by atoms with Crippen molar-refractivity contribution in [3.05, 3.63) is 30.3 Å². The molecule has 2 amide bonds. The number of amides is 2. The lowest BCUT2D eigenvalue weighted by atomic mass is 10.2. The Hall–Kier alpha value is -1.84. The Kier molecular flexibility index (Phi) is 3.97. The summed E-state index contributed by atoms with van der Waals surface area (Å²) in [6.45, 7) is 3.58. The van der Waals surface area contributed by atoms with E-state index in [0.717, 1.165) is 5.69 Å². The van der Waals surface area contributed by atoms with Gasteiger partial charge in [0.2, 0.25) is 11.8 Å². The largest absolute Gasteiger partial charge is 0.340 e. The molecule has 1 heterocycles. The molecule has 0 spiro atoms. The van der Waals surface area contributed by atoms with Crippen molar-refractivity contribution in [1.82, 2.24) is 4.90 Å². The highest BCUT2D eigenvalue weighted by molar-refractivity contribution is 5.94. The molecule has 0 saturated carbocycles. The van der Waals surface area contributed by atoms with E-state index in [1.165, 1.54) is 0 Å². The van der Waals surface area contributed by atoms with Gasteiger partial charge in [0.15, 0.2) is 0 Å². The van der Waals surface area contributed by atoms with E-state index in [9.17, 15) is 9.59 Å². The molecule has 1 fully saturated rings. The van der Waals surface area contributed by atoms with Gasteiger partial charge in [-0.1, -0.05) is 25.1 Å². The van der Waals surface area contributed by atoms with Crippen LogP contribution in [0.3, 0.4) is 0 Å². The molecule has 1 aliphatic rings. The van der Waals surface area contributed by atoms with E-state index in [2.05, 4.69) is 0 Å². The second kappa shape index (κ2) is 5.67. The molecular weight excluding hydrogens is 228 g/mol. The fourth-order valence-electron chi connectivity index (χ4n) is 2.18. The minimum atomic E-state index is 0.0904. The number of carbonyl (C=O) groups is 2. The van der Waals surface area contributed by atoms with Gasteiger partial charge < -0.3 is 9.80 Å². The second-order valence-corrected chi connectivity index (χ2v) is 4.37. The van der Waals surface area contributed by atoms with Crippen LogP contribution < -0.4 is 4.90 Å². The number of hydrogen-bond acceptors (Lipinski definition) is 2. The van der Waals surface area contributed by atoms with Crippen molar-refractivity contribution in [2.75, 3.05) is 24.5 Å². The van der Waals surface area contributed by atoms with Gasteiger partial charge in [-0.2, -0.15) is 0 Å². The van der Waals surface area contributed by atoms with Crippen LogP contribution in [0.2, 0.25) is 0 Å². The second-order valence-electron chi connectivity index (χ2n) is 4.37. The molecule has 1 aliphatic heterocycles. The molecule has 0 radical (unpaired) electrons. The maximum Gasteiger partial charge on any atom is 0.228 e. The van der Waals surface area contributed by atoms with Crippen molar-refractivity contribution >= 4 is 17.5 Å². The minimum absolute atomic E-state index is 0.0904. The summed E-state index contributed by atoms with van der Waals surface area (Å²) < 4.78 is 0. The molecule has 4 heteroatoms. The number of para-hydroxylation sites is 1. The van der Waals surface area contributed by atoms with E-state index >= 15 is 0 Å². The van der Waals surface area contributed by atoms with E-state index < -0.39 is 0 Å². The smallest absolute Gasteiger partial charge is 0.228 e. The average molecular weight is 246 g/mol. The monoisotopic (exact) mass is 246 g/mol. The first kappa shape index (κ1) is 12.6. The number of anilines is 1. The summed E-state index contributed by atoms with van der Waals surface area (Å²) in [4.78, 5) is 27.3. The Balaban J connectivity index is 2.11. The van der Waals surface area contributed by atoms with Crippen molar-refractivity contribution in [3.8, 4) is 0 Å². The highest BCUT2D eigenvalue weighted by Crippen LogP contribution is 2.17. The van der Waals surface area contributed by atoms with Gasteiger partial charge in [-0.25, -0.2) is 0 Å². The van der Waals surface area contributed by atoms with Crippen LogP contribution in [0, 0.1) is 0 Å². The highest BCUT2D eigenvalue weighted by atomic mass is 16.2. The first-order chi connectivity index (χ1) is 8.72. The van der Waals surface area contributed by atoms with Crippen LogP contribution in [0.25, 0.3) is 0 Å². The summed E-state index contributed by atoms with van der Waals surface area (Å²) in [7, 11) is 0. The van der Waals surface area contributed by atoms with Crippen molar-refractivity contribution < 1.29 is 9.59 Å². The summed E-state index contributed by atoms with van der Waals surface area (Å²) in [6.07, 6.45) is 0.903. The maximum atomic E-state index is 12.1. The zero-order chi connectivity index (χ0) is 13.0. The number of hydrogen-bond donors (Lipinski definition) is 0. The molecule has 4 nitrogen and oxygen atoms in total. The van der Waals surface area contributed by atoms with E-state index in [0.29, 0.717) is 32.5 Å². The first-order valence-electron chi connectivity index (χ1n) is 6.35. The summed E-state index contributed by atoms with van der Waals surface area (Å²) in [5.41, 5.74) is 0.910. The van der Waals surface area contributed by atoms with Gasteiger partial charge in [0.05, 0.1) is 0 Å². The number of nitrogens with zero attached hydrogens (tertiary/aromatic N) is 2. The molecule has 0 bridgehead atoms. The van der Waals surface area contributed by atoms with Gasteiger partial charge in [0.1, 0.15) is 0 Å². The summed E-state index contributed by atoms with van der Waals surface area (Å²) in [5.74, 6) is 0.213.